The first kappa shape index (κ1) is 21.0. The van der Waals surface area contributed by atoms with Crippen LogP contribution in [0.15, 0.2) is 48.5 Å². The number of nitrogens with two attached hydrogens (primary N) is 2. The molecule has 1 fully saturated rings. The second-order valence-electron chi connectivity index (χ2n) is 7.38. The number of carbonyl (C=O) groups excluding carboxylic acids is 1. The third-order valence-electron chi connectivity index (χ3n) is 5.28. The van der Waals surface area contributed by atoms with Crippen LogP contribution in [0.3, 0.4) is 0 Å². The maximum Gasteiger partial charge on any atom is 0.248 e. The van der Waals surface area contributed by atoms with Crippen molar-refractivity contribution in [1.82, 2.24) is 14.8 Å². The van der Waals surface area contributed by atoms with Crippen molar-refractivity contribution >= 4 is 18.3 Å². The molecule has 0 spiro atoms. The normalized spacial score (nSPS) is 21.0. The first-order chi connectivity index (χ1) is 13.4. The van der Waals surface area contributed by atoms with E-state index < -0.39 is 12.0 Å². The summed E-state index contributed by atoms with van der Waals surface area (Å²) in [5.74, 6) is 0.892. The van der Waals surface area contributed by atoms with Crippen molar-refractivity contribution in [1.29, 1.82) is 0 Å². The third kappa shape index (κ3) is 4.17. The number of aliphatic hydroxyl groups is 1. The van der Waals surface area contributed by atoms with E-state index in [1.165, 1.54) is 0 Å². The Kier molecular flexibility index (Phi) is 6.02. The molecule has 1 heterocycles. The summed E-state index contributed by atoms with van der Waals surface area (Å²) in [4.78, 5) is 16.1. The van der Waals surface area contributed by atoms with Gasteiger partial charge in [-0.2, -0.15) is 0 Å². The van der Waals surface area contributed by atoms with Crippen LogP contribution in [0.4, 0.5) is 0 Å². The molecule has 0 aliphatic heterocycles. The average Bonchev–Trinajstić information content (AvgIpc) is 3.26. The van der Waals surface area contributed by atoms with Gasteiger partial charge in [-0.15, -0.1) is 17.5 Å². The van der Waals surface area contributed by atoms with Crippen molar-refractivity contribution < 1.29 is 9.90 Å². The summed E-state index contributed by atoms with van der Waals surface area (Å²) in [5.41, 5.74) is 14.6. The average molecular weight is 414 g/mol. The predicted molar refractivity (Wildman–Crippen MR) is 113 cm³/mol. The lowest BCUT2D eigenvalue weighted by Crippen LogP contribution is -2.28. The van der Waals surface area contributed by atoms with Gasteiger partial charge in [-0.3, -0.25) is 4.79 Å². The van der Waals surface area contributed by atoms with Crippen LogP contribution in [0.2, 0.25) is 0 Å². The number of benzene rings is 2. The molecule has 1 saturated carbocycles. The monoisotopic (exact) mass is 413 g/mol. The van der Waals surface area contributed by atoms with Gasteiger partial charge in [0.15, 0.2) is 5.82 Å². The number of hydrogen-bond donors (Lipinski definition) is 3. The van der Waals surface area contributed by atoms with Crippen LogP contribution in [0.25, 0.3) is 17.1 Å². The van der Waals surface area contributed by atoms with Crippen LogP contribution in [-0.2, 0) is 0 Å². The van der Waals surface area contributed by atoms with Gasteiger partial charge < -0.3 is 16.6 Å². The molecule has 0 radical (unpaired) electrons. The molecule has 8 heteroatoms. The molecule has 3 aromatic rings. The second-order valence-corrected chi connectivity index (χ2v) is 7.38. The van der Waals surface area contributed by atoms with Crippen LogP contribution in [0, 0.1) is 6.92 Å². The smallest absolute Gasteiger partial charge is 0.248 e. The molecule has 152 valence electrons. The maximum atomic E-state index is 11.3. The number of halogens is 1. The van der Waals surface area contributed by atoms with Crippen LogP contribution in [0.5, 0.6) is 0 Å². The zero-order chi connectivity index (χ0) is 19.8. The molecule has 4 rings (SSSR count). The molecule has 1 aromatic heterocycles. The fourth-order valence-corrected chi connectivity index (χ4v) is 3.63. The second kappa shape index (κ2) is 8.32. The van der Waals surface area contributed by atoms with E-state index in [4.69, 9.17) is 21.5 Å². The van der Waals surface area contributed by atoms with E-state index in [1.807, 2.05) is 35.9 Å². The van der Waals surface area contributed by atoms with Crippen molar-refractivity contribution in [2.45, 2.75) is 37.8 Å². The van der Waals surface area contributed by atoms with E-state index in [2.05, 4.69) is 0 Å². The van der Waals surface area contributed by atoms with Crippen LogP contribution < -0.4 is 11.5 Å². The van der Waals surface area contributed by atoms with Crippen molar-refractivity contribution in [2.24, 2.45) is 11.5 Å². The molecule has 29 heavy (non-hydrogen) atoms. The Balaban J connectivity index is 0.00000240. The van der Waals surface area contributed by atoms with E-state index in [9.17, 15) is 9.90 Å². The van der Waals surface area contributed by atoms with Crippen molar-refractivity contribution in [2.75, 3.05) is 0 Å². The zero-order valence-corrected chi connectivity index (χ0v) is 16.8. The number of aromatic nitrogens is 3. The van der Waals surface area contributed by atoms with Gasteiger partial charge in [0.1, 0.15) is 5.82 Å². The summed E-state index contributed by atoms with van der Waals surface area (Å²) in [6.45, 7) is 2.03. The molecule has 0 bridgehead atoms. The largest absolute Gasteiger partial charge is 0.391 e. The Hall–Kier alpha value is -2.74. The lowest BCUT2D eigenvalue weighted by Gasteiger charge is -2.11. The molecule has 2 aromatic carbocycles. The van der Waals surface area contributed by atoms with Gasteiger partial charge in [-0.1, -0.05) is 29.8 Å². The number of rotatable bonds is 4. The Morgan fingerprint density at radius 2 is 1.76 bits per heavy atom. The fraction of sp³-hybridized carbons (Fsp3) is 0.286. The lowest BCUT2D eigenvalue weighted by atomic mass is 10.1. The van der Waals surface area contributed by atoms with E-state index in [-0.39, 0.29) is 24.4 Å². The minimum atomic E-state index is -0.536. The molecule has 1 aliphatic carbocycles. The van der Waals surface area contributed by atoms with E-state index >= 15 is 0 Å². The molecule has 7 nitrogen and oxygen atoms in total. The highest BCUT2D eigenvalue weighted by Gasteiger charge is 2.35. The highest BCUT2D eigenvalue weighted by atomic mass is 35.5. The Bertz CT molecular complexity index is 991. The van der Waals surface area contributed by atoms with Gasteiger partial charge >= 0.3 is 0 Å². The first-order valence-electron chi connectivity index (χ1n) is 9.30. The van der Waals surface area contributed by atoms with E-state index in [0.717, 1.165) is 22.6 Å². The molecular formula is C21H24ClN5O2. The summed E-state index contributed by atoms with van der Waals surface area (Å²) in [5, 5.41) is 14.8. The van der Waals surface area contributed by atoms with Crippen LogP contribution >= 0.6 is 12.4 Å². The molecular weight excluding hydrogens is 390 g/mol. The van der Waals surface area contributed by atoms with Gasteiger partial charge in [-0.05, 0) is 44.0 Å². The summed E-state index contributed by atoms with van der Waals surface area (Å²) in [7, 11) is 0. The predicted octanol–water partition coefficient (Wildman–Crippen LogP) is 2.33. The quantitative estimate of drug-likeness (QED) is 0.606. The summed E-state index contributed by atoms with van der Waals surface area (Å²) >= 11 is 0. The maximum absolute atomic E-state index is 11.3. The SMILES string of the molecule is Cc1ccc(-n2nc(-c3ccc(C(N)=O)cc3)nc2[C@H]2C[C@@H](N)[C@H](O)C2)cc1.Cl. The lowest BCUT2D eigenvalue weighted by molar-refractivity contribution is 0.100. The van der Waals surface area contributed by atoms with Gasteiger partial charge in [0.05, 0.1) is 11.8 Å². The third-order valence-corrected chi connectivity index (χ3v) is 5.28. The van der Waals surface area contributed by atoms with Gasteiger partial charge in [0.2, 0.25) is 5.91 Å². The summed E-state index contributed by atoms with van der Waals surface area (Å²) < 4.78 is 1.83. The standard InChI is InChI=1S/C21H23N5O2.ClH/c1-12-2-8-16(9-3-12)26-21(15-10-17(22)18(27)11-15)24-20(25-26)14-6-4-13(5-7-14)19(23)28;/h2-9,15,17-18,27H,10-11,22H2,1H3,(H2,23,28);1H/t15-,17+,18+;/m0./s1. The number of aliphatic hydroxyl groups excluding tert-OH is 1. The fourth-order valence-electron chi connectivity index (χ4n) is 3.63. The number of carbonyl (C=O) groups is 1. The molecule has 3 atom stereocenters. The Labute approximate surface area is 175 Å². The minimum Gasteiger partial charge on any atom is -0.391 e. The Morgan fingerprint density at radius 1 is 1.10 bits per heavy atom. The molecule has 1 amide bonds. The number of amides is 1. The van der Waals surface area contributed by atoms with Crippen molar-refractivity contribution in [3.8, 4) is 17.1 Å². The molecule has 5 N–H and O–H groups in total. The van der Waals surface area contributed by atoms with E-state index in [0.29, 0.717) is 24.2 Å². The molecule has 1 aliphatic rings. The topological polar surface area (TPSA) is 120 Å². The van der Waals surface area contributed by atoms with Gasteiger partial charge in [-0.25, -0.2) is 9.67 Å². The van der Waals surface area contributed by atoms with Crippen molar-refractivity contribution in [3.05, 3.63) is 65.5 Å². The van der Waals surface area contributed by atoms with Gasteiger partial charge in [0, 0.05) is 23.1 Å². The van der Waals surface area contributed by atoms with Crippen LogP contribution in [-0.4, -0.2) is 37.9 Å². The van der Waals surface area contributed by atoms with Crippen molar-refractivity contribution in [3.63, 3.8) is 0 Å². The first-order valence-corrected chi connectivity index (χ1v) is 9.30. The van der Waals surface area contributed by atoms with Crippen LogP contribution in [0.1, 0.15) is 40.5 Å². The van der Waals surface area contributed by atoms with Gasteiger partial charge in [0.25, 0.3) is 0 Å². The minimum absolute atomic E-state index is 0. The number of hydrogen-bond acceptors (Lipinski definition) is 5. The number of aryl methyl sites for hydroxylation is 1. The molecule has 0 saturated heterocycles. The highest BCUT2D eigenvalue weighted by Crippen LogP contribution is 2.35. The highest BCUT2D eigenvalue weighted by molar-refractivity contribution is 5.93. The number of nitrogens with zero attached hydrogens (tertiary/aromatic N) is 3. The zero-order valence-electron chi connectivity index (χ0n) is 16.0. The molecule has 0 unspecified atom stereocenters. The van der Waals surface area contributed by atoms with E-state index in [1.54, 1.807) is 24.3 Å². The summed E-state index contributed by atoms with van der Waals surface area (Å²) in [6.07, 6.45) is 0.684. The number of primary amides is 1. The Morgan fingerprint density at radius 3 is 2.31 bits per heavy atom. The summed E-state index contributed by atoms with van der Waals surface area (Å²) in [6, 6.07) is 14.7.